The summed E-state index contributed by atoms with van der Waals surface area (Å²) in [5.41, 5.74) is 5.28. The molecule has 4 heteroatoms. The van der Waals surface area contributed by atoms with E-state index in [1.54, 1.807) is 0 Å². The minimum absolute atomic E-state index is 0.0339. The lowest BCUT2D eigenvalue weighted by atomic mass is 9.84. The number of rotatable bonds is 8. The summed E-state index contributed by atoms with van der Waals surface area (Å²) in [6, 6.07) is -0.435. The molecule has 0 saturated carbocycles. The molecule has 0 heterocycles. The minimum Gasteiger partial charge on any atom is -0.370 e. The number of Topliss-reactive ketones (excluding diaryl/α,β-unsaturated/α-hetero) is 1. The molecular weight excluding hydrogens is 204 g/mol. The Hall–Kier alpha value is -0.900. The van der Waals surface area contributed by atoms with E-state index in [1.807, 2.05) is 0 Å². The second-order valence-corrected chi connectivity index (χ2v) is 4.73. The average Bonchev–Trinajstić information content (AvgIpc) is 2.23. The van der Waals surface area contributed by atoms with Crippen LogP contribution in [0.15, 0.2) is 0 Å². The molecule has 0 bridgehead atoms. The molecule has 0 aromatic carbocycles. The Balaban J connectivity index is 4.31. The van der Waals surface area contributed by atoms with Crippen LogP contribution in [-0.4, -0.2) is 24.3 Å². The molecule has 0 unspecified atom stereocenters. The van der Waals surface area contributed by atoms with Crippen LogP contribution in [0.2, 0.25) is 0 Å². The maximum atomic E-state index is 11.3. The third-order valence-corrected chi connectivity index (χ3v) is 3.38. The van der Waals surface area contributed by atoms with Crippen molar-refractivity contribution in [1.82, 2.24) is 5.32 Å². The van der Waals surface area contributed by atoms with Crippen LogP contribution in [0.4, 0.5) is 0 Å². The number of ketones is 1. The third-order valence-electron chi connectivity index (χ3n) is 3.38. The second kappa shape index (κ2) is 6.63. The third kappa shape index (κ3) is 5.26. The van der Waals surface area contributed by atoms with Crippen LogP contribution >= 0.6 is 0 Å². The van der Waals surface area contributed by atoms with Gasteiger partial charge < -0.3 is 11.1 Å². The Bertz CT molecular complexity index is 247. The molecule has 0 fully saturated rings. The molecular formula is C12H24N2O2. The number of primary amides is 1. The maximum Gasteiger partial charge on any atom is 0.219 e. The van der Waals surface area contributed by atoms with Crippen molar-refractivity contribution in [3.63, 3.8) is 0 Å². The van der Waals surface area contributed by atoms with E-state index in [0.29, 0.717) is 0 Å². The zero-order valence-electron chi connectivity index (χ0n) is 10.8. The van der Waals surface area contributed by atoms with Crippen LogP contribution in [-0.2, 0) is 9.59 Å². The Kier molecular flexibility index (Phi) is 6.26. The Morgan fingerprint density at radius 3 is 2.12 bits per heavy atom. The van der Waals surface area contributed by atoms with E-state index in [1.165, 1.54) is 6.92 Å². The SMILES string of the molecule is CCC(C)(CC)CN[C@@H](CC(N)=O)C(C)=O. The zero-order chi connectivity index (χ0) is 12.8. The summed E-state index contributed by atoms with van der Waals surface area (Å²) in [5.74, 6) is -0.476. The Labute approximate surface area is 98.0 Å². The fraction of sp³-hybridized carbons (Fsp3) is 0.833. The van der Waals surface area contributed by atoms with Crippen molar-refractivity contribution in [3.05, 3.63) is 0 Å². The molecule has 0 radical (unpaired) electrons. The van der Waals surface area contributed by atoms with Crippen molar-refractivity contribution >= 4 is 11.7 Å². The molecule has 0 saturated heterocycles. The first-order valence-corrected chi connectivity index (χ1v) is 5.86. The first-order valence-electron chi connectivity index (χ1n) is 5.86. The molecule has 4 nitrogen and oxygen atoms in total. The van der Waals surface area contributed by atoms with Gasteiger partial charge in [0.15, 0.2) is 0 Å². The van der Waals surface area contributed by atoms with E-state index in [9.17, 15) is 9.59 Å². The van der Waals surface area contributed by atoms with Crippen LogP contribution < -0.4 is 11.1 Å². The normalized spacial score (nSPS) is 13.5. The summed E-state index contributed by atoms with van der Waals surface area (Å²) in [5, 5.41) is 3.14. The zero-order valence-corrected chi connectivity index (χ0v) is 10.8. The van der Waals surface area contributed by atoms with Gasteiger partial charge in [-0.2, -0.15) is 0 Å². The van der Waals surface area contributed by atoms with Crippen molar-refractivity contribution in [2.45, 2.75) is 53.0 Å². The van der Waals surface area contributed by atoms with Gasteiger partial charge in [-0.1, -0.05) is 20.8 Å². The lowest BCUT2D eigenvalue weighted by molar-refractivity contribution is -0.124. The average molecular weight is 228 g/mol. The lowest BCUT2D eigenvalue weighted by Gasteiger charge is -2.29. The van der Waals surface area contributed by atoms with Gasteiger partial charge in [0, 0.05) is 13.0 Å². The highest BCUT2D eigenvalue weighted by Crippen LogP contribution is 2.24. The number of nitrogens with one attached hydrogen (secondary N) is 1. The predicted octanol–water partition coefficient (Wildman–Crippen LogP) is 1.24. The monoisotopic (exact) mass is 228 g/mol. The first-order chi connectivity index (χ1) is 7.34. The van der Waals surface area contributed by atoms with Crippen LogP contribution in [0.5, 0.6) is 0 Å². The molecule has 1 amide bonds. The highest BCUT2D eigenvalue weighted by Gasteiger charge is 2.23. The van der Waals surface area contributed by atoms with E-state index in [2.05, 4.69) is 26.1 Å². The van der Waals surface area contributed by atoms with Gasteiger partial charge in [0.2, 0.25) is 5.91 Å². The number of hydrogen-bond donors (Lipinski definition) is 2. The molecule has 16 heavy (non-hydrogen) atoms. The minimum atomic E-state index is -0.442. The molecule has 94 valence electrons. The molecule has 1 atom stereocenters. The molecule has 0 rings (SSSR count). The van der Waals surface area contributed by atoms with Crippen molar-refractivity contribution in [2.75, 3.05) is 6.54 Å². The molecule has 0 aromatic rings. The summed E-state index contributed by atoms with van der Waals surface area (Å²) in [6.07, 6.45) is 2.16. The van der Waals surface area contributed by atoms with E-state index in [-0.39, 0.29) is 17.6 Å². The van der Waals surface area contributed by atoms with Crippen molar-refractivity contribution in [1.29, 1.82) is 0 Å². The smallest absolute Gasteiger partial charge is 0.219 e. The van der Waals surface area contributed by atoms with Crippen molar-refractivity contribution in [2.24, 2.45) is 11.1 Å². The number of amides is 1. The molecule has 0 aromatic heterocycles. The van der Waals surface area contributed by atoms with Gasteiger partial charge in [0.05, 0.1) is 6.04 Å². The second-order valence-electron chi connectivity index (χ2n) is 4.73. The van der Waals surface area contributed by atoms with Crippen molar-refractivity contribution < 1.29 is 9.59 Å². The highest BCUT2D eigenvalue weighted by atomic mass is 16.1. The maximum absolute atomic E-state index is 11.3. The quantitative estimate of drug-likeness (QED) is 0.656. The van der Waals surface area contributed by atoms with Crippen LogP contribution in [0.1, 0.15) is 47.0 Å². The largest absolute Gasteiger partial charge is 0.370 e. The molecule has 3 N–H and O–H groups in total. The summed E-state index contributed by atoms with van der Waals surface area (Å²) in [6.45, 7) is 8.64. The van der Waals surface area contributed by atoms with Gasteiger partial charge in [-0.05, 0) is 25.2 Å². The Morgan fingerprint density at radius 2 is 1.81 bits per heavy atom. The first kappa shape index (κ1) is 15.1. The van der Waals surface area contributed by atoms with Crippen LogP contribution in [0.3, 0.4) is 0 Å². The van der Waals surface area contributed by atoms with E-state index in [4.69, 9.17) is 5.73 Å². The van der Waals surface area contributed by atoms with Gasteiger partial charge in [0.1, 0.15) is 5.78 Å². The highest BCUT2D eigenvalue weighted by molar-refractivity contribution is 5.87. The molecule has 0 aliphatic heterocycles. The predicted molar refractivity (Wildman–Crippen MR) is 65.0 cm³/mol. The van der Waals surface area contributed by atoms with Gasteiger partial charge in [0.25, 0.3) is 0 Å². The van der Waals surface area contributed by atoms with Gasteiger partial charge in [-0.15, -0.1) is 0 Å². The van der Waals surface area contributed by atoms with E-state index >= 15 is 0 Å². The number of nitrogens with two attached hydrogens (primary N) is 1. The summed E-state index contributed by atoms with van der Waals surface area (Å²) >= 11 is 0. The molecule has 0 aliphatic carbocycles. The molecule has 0 aliphatic rings. The van der Waals surface area contributed by atoms with Crippen LogP contribution in [0.25, 0.3) is 0 Å². The van der Waals surface area contributed by atoms with E-state index < -0.39 is 11.9 Å². The fourth-order valence-corrected chi connectivity index (χ4v) is 1.43. The van der Waals surface area contributed by atoms with Gasteiger partial charge in [-0.25, -0.2) is 0 Å². The number of hydrogen-bond acceptors (Lipinski definition) is 3. The number of carbonyl (C=O) groups is 2. The van der Waals surface area contributed by atoms with Crippen molar-refractivity contribution in [3.8, 4) is 0 Å². The Morgan fingerprint density at radius 1 is 1.31 bits per heavy atom. The van der Waals surface area contributed by atoms with E-state index in [0.717, 1.165) is 19.4 Å². The molecule has 0 spiro atoms. The van der Waals surface area contributed by atoms with Crippen LogP contribution in [0, 0.1) is 5.41 Å². The summed E-state index contributed by atoms with van der Waals surface area (Å²) < 4.78 is 0. The summed E-state index contributed by atoms with van der Waals surface area (Å²) in [7, 11) is 0. The summed E-state index contributed by atoms with van der Waals surface area (Å²) in [4.78, 5) is 22.1. The van der Waals surface area contributed by atoms with Gasteiger partial charge in [-0.3, -0.25) is 9.59 Å². The standard InChI is InChI=1S/C12H24N2O2/c1-5-12(4,6-2)8-14-10(9(3)15)7-11(13)16/h10,14H,5-8H2,1-4H3,(H2,13,16)/t10-/m0/s1. The fourth-order valence-electron chi connectivity index (χ4n) is 1.43. The number of carbonyl (C=O) groups excluding carboxylic acids is 2. The topological polar surface area (TPSA) is 72.2 Å². The van der Waals surface area contributed by atoms with Gasteiger partial charge >= 0.3 is 0 Å². The lowest BCUT2D eigenvalue weighted by Crippen LogP contribution is -2.43.